The van der Waals surface area contributed by atoms with Gasteiger partial charge in [0.05, 0.1) is 0 Å². The van der Waals surface area contributed by atoms with Gasteiger partial charge in [0.15, 0.2) is 5.01 Å². The van der Waals surface area contributed by atoms with E-state index in [2.05, 4.69) is 20.5 Å². The van der Waals surface area contributed by atoms with Crippen molar-refractivity contribution in [2.45, 2.75) is 19.4 Å². The van der Waals surface area contributed by atoms with Gasteiger partial charge in [-0.15, -0.1) is 35.0 Å². The molecule has 0 radical (unpaired) electrons. The maximum Gasteiger partial charge on any atom is 0.227 e. The molecule has 20 heavy (non-hydrogen) atoms. The summed E-state index contributed by atoms with van der Waals surface area (Å²) in [5.74, 6) is -0.159. The maximum atomic E-state index is 11.5. The molecule has 0 aromatic carbocycles. The molecule has 0 spiro atoms. The third kappa shape index (κ3) is 5.38. The summed E-state index contributed by atoms with van der Waals surface area (Å²) in [6, 6.07) is 5.37. The van der Waals surface area contributed by atoms with Crippen molar-refractivity contribution >= 4 is 47.2 Å². The van der Waals surface area contributed by atoms with Crippen LogP contribution in [0.3, 0.4) is 0 Å². The Hall–Kier alpha value is -1.28. The number of carbonyl (C=O) groups excluding carboxylic acids is 1. The fraction of sp³-hybridized carbons (Fsp3) is 0.273. The number of hydrogen-bond acceptors (Lipinski definition) is 6. The highest BCUT2D eigenvalue weighted by atomic mass is 35.5. The first kappa shape index (κ1) is 18.7. The zero-order valence-electron chi connectivity index (χ0n) is 10.6. The fourth-order valence-corrected chi connectivity index (χ4v) is 2.07. The summed E-state index contributed by atoms with van der Waals surface area (Å²) >= 11 is 1.28. The topological polar surface area (TPSA) is 93.8 Å². The van der Waals surface area contributed by atoms with E-state index < -0.39 is 0 Å². The van der Waals surface area contributed by atoms with Crippen molar-refractivity contribution in [1.29, 1.82) is 0 Å². The van der Waals surface area contributed by atoms with E-state index in [0.29, 0.717) is 10.1 Å². The predicted molar refractivity (Wildman–Crippen MR) is 84.5 cm³/mol. The van der Waals surface area contributed by atoms with E-state index in [4.69, 9.17) is 5.73 Å². The quantitative estimate of drug-likeness (QED) is 0.892. The molecular weight excluding hydrogens is 321 g/mol. The molecule has 3 N–H and O–H groups in total. The Morgan fingerprint density at radius 2 is 2.15 bits per heavy atom. The van der Waals surface area contributed by atoms with E-state index in [-0.39, 0.29) is 43.2 Å². The van der Waals surface area contributed by atoms with Crippen molar-refractivity contribution < 1.29 is 4.79 Å². The van der Waals surface area contributed by atoms with Crippen LogP contribution in [0.2, 0.25) is 0 Å². The zero-order chi connectivity index (χ0) is 13.0. The molecule has 1 atom stereocenters. The van der Waals surface area contributed by atoms with E-state index in [1.54, 1.807) is 13.1 Å². The van der Waals surface area contributed by atoms with Crippen molar-refractivity contribution in [2.75, 3.05) is 5.32 Å². The monoisotopic (exact) mass is 335 g/mol. The van der Waals surface area contributed by atoms with Crippen LogP contribution in [-0.4, -0.2) is 27.1 Å². The number of halogens is 2. The lowest BCUT2D eigenvalue weighted by molar-refractivity contribution is -0.116. The van der Waals surface area contributed by atoms with E-state index >= 15 is 0 Å². The molecule has 1 unspecified atom stereocenters. The smallest absolute Gasteiger partial charge is 0.227 e. The van der Waals surface area contributed by atoms with E-state index in [0.717, 1.165) is 5.69 Å². The second-order valence-corrected chi connectivity index (χ2v) is 4.83. The van der Waals surface area contributed by atoms with Gasteiger partial charge in [0.1, 0.15) is 5.69 Å². The molecule has 0 saturated carbocycles. The van der Waals surface area contributed by atoms with Crippen LogP contribution >= 0.6 is 36.2 Å². The Morgan fingerprint density at radius 1 is 1.40 bits per heavy atom. The predicted octanol–water partition coefficient (Wildman–Crippen LogP) is 2.12. The third-order valence-corrected chi connectivity index (χ3v) is 2.92. The minimum atomic E-state index is -0.173. The van der Waals surface area contributed by atoms with Gasteiger partial charge in [0, 0.05) is 18.7 Å². The van der Waals surface area contributed by atoms with E-state index in [9.17, 15) is 4.79 Å². The van der Waals surface area contributed by atoms with Crippen LogP contribution in [-0.2, 0) is 4.79 Å². The van der Waals surface area contributed by atoms with Crippen molar-refractivity contribution in [3.63, 3.8) is 0 Å². The highest BCUT2D eigenvalue weighted by molar-refractivity contribution is 7.18. The van der Waals surface area contributed by atoms with Gasteiger partial charge in [-0.25, -0.2) is 0 Å². The summed E-state index contributed by atoms with van der Waals surface area (Å²) in [5, 5.41) is 11.7. The van der Waals surface area contributed by atoms with E-state index in [1.165, 1.54) is 11.3 Å². The van der Waals surface area contributed by atoms with Gasteiger partial charge < -0.3 is 11.1 Å². The summed E-state index contributed by atoms with van der Waals surface area (Å²) in [6.07, 6.45) is 1.95. The number of carbonyl (C=O) groups is 1. The van der Waals surface area contributed by atoms with Gasteiger partial charge in [-0.2, -0.15) is 0 Å². The Kier molecular flexibility index (Phi) is 8.24. The highest BCUT2D eigenvalue weighted by Crippen LogP contribution is 2.24. The molecule has 0 aliphatic carbocycles. The first-order valence-corrected chi connectivity index (χ1v) is 6.27. The Balaban J connectivity index is 0.00000180. The summed E-state index contributed by atoms with van der Waals surface area (Å²) < 4.78 is 0. The van der Waals surface area contributed by atoms with Crippen LogP contribution in [0.1, 0.15) is 13.3 Å². The number of nitrogens with zero attached hydrogens (tertiary/aromatic N) is 3. The fourth-order valence-electron chi connectivity index (χ4n) is 1.33. The van der Waals surface area contributed by atoms with Gasteiger partial charge >= 0.3 is 0 Å². The first-order chi connectivity index (χ1) is 8.65. The Bertz CT molecular complexity index is 535. The number of amides is 1. The Labute approximate surface area is 133 Å². The van der Waals surface area contributed by atoms with Gasteiger partial charge in [-0.05, 0) is 19.1 Å². The number of rotatable bonds is 4. The molecule has 0 aliphatic heterocycles. The summed E-state index contributed by atoms with van der Waals surface area (Å²) in [4.78, 5) is 15.7. The third-order valence-electron chi connectivity index (χ3n) is 2.06. The lowest BCUT2D eigenvalue weighted by Crippen LogP contribution is -2.23. The number of aromatic nitrogens is 3. The van der Waals surface area contributed by atoms with Crippen LogP contribution in [0.15, 0.2) is 24.4 Å². The van der Waals surface area contributed by atoms with Gasteiger partial charge in [0.25, 0.3) is 0 Å². The number of anilines is 1. The lowest BCUT2D eigenvalue weighted by Gasteiger charge is -2.03. The molecule has 2 heterocycles. The average Bonchev–Trinajstić information content (AvgIpc) is 2.77. The molecule has 2 aromatic rings. The number of hydrogen-bond donors (Lipinski definition) is 2. The molecule has 1 amide bonds. The van der Waals surface area contributed by atoms with Gasteiger partial charge in [0.2, 0.25) is 11.0 Å². The van der Waals surface area contributed by atoms with Crippen LogP contribution in [0.4, 0.5) is 5.13 Å². The maximum absolute atomic E-state index is 11.5. The summed E-state index contributed by atoms with van der Waals surface area (Å²) in [6.45, 7) is 1.78. The molecule has 0 fully saturated rings. The average molecular weight is 336 g/mol. The Morgan fingerprint density at radius 3 is 2.75 bits per heavy atom. The number of nitrogens with one attached hydrogen (secondary N) is 1. The van der Waals surface area contributed by atoms with Crippen molar-refractivity contribution in [2.24, 2.45) is 5.73 Å². The zero-order valence-corrected chi connectivity index (χ0v) is 13.1. The van der Waals surface area contributed by atoms with Crippen LogP contribution < -0.4 is 11.1 Å². The normalized spacial score (nSPS) is 10.9. The molecular formula is C11H15Cl2N5OS. The van der Waals surface area contributed by atoms with Crippen molar-refractivity contribution in [1.82, 2.24) is 15.2 Å². The molecule has 2 rings (SSSR count). The van der Waals surface area contributed by atoms with Gasteiger partial charge in [-0.3, -0.25) is 9.78 Å². The van der Waals surface area contributed by atoms with E-state index in [1.807, 2.05) is 18.2 Å². The second-order valence-electron chi connectivity index (χ2n) is 3.86. The molecule has 0 aliphatic rings. The first-order valence-electron chi connectivity index (χ1n) is 5.45. The van der Waals surface area contributed by atoms with Gasteiger partial charge in [-0.1, -0.05) is 17.4 Å². The molecule has 9 heteroatoms. The van der Waals surface area contributed by atoms with Crippen LogP contribution in [0.5, 0.6) is 0 Å². The molecule has 110 valence electrons. The minimum Gasteiger partial charge on any atom is -0.327 e. The SMILES string of the molecule is CC(N)CC(=O)Nc1nnc(-c2ccccn2)s1.Cl.Cl. The lowest BCUT2D eigenvalue weighted by atomic mass is 10.2. The molecule has 2 aromatic heterocycles. The summed E-state index contributed by atoms with van der Waals surface area (Å²) in [5.41, 5.74) is 6.28. The molecule has 0 bridgehead atoms. The van der Waals surface area contributed by atoms with Crippen molar-refractivity contribution in [3.8, 4) is 10.7 Å². The highest BCUT2D eigenvalue weighted by Gasteiger charge is 2.11. The van der Waals surface area contributed by atoms with Crippen LogP contribution in [0, 0.1) is 0 Å². The van der Waals surface area contributed by atoms with Crippen LogP contribution in [0.25, 0.3) is 10.7 Å². The molecule has 0 saturated heterocycles. The minimum absolute atomic E-state index is 0. The largest absolute Gasteiger partial charge is 0.327 e. The number of nitrogens with two attached hydrogens (primary N) is 1. The standard InChI is InChI=1S/C11H13N5OS.2ClH/c1-7(12)6-9(17)14-11-16-15-10(18-11)8-4-2-3-5-13-8;;/h2-5,7H,6,12H2,1H3,(H,14,16,17);2*1H. The second kappa shape index (κ2) is 8.80. The molecule has 6 nitrogen and oxygen atoms in total. The van der Waals surface area contributed by atoms with Crippen molar-refractivity contribution in [3.05, 3.63) is 24.4 Å². The summed E-state index contributed by atoms with van der Waals surface area (Å²) in [7, 11) is 0. The number of pyridine rings is 1.